The molecular formula is C34H50O8. The van der Waals surface area contributed by atoms with Crippen LogP contribution in [0.15, 0.2) is 22.1 Å². The maximum atomic E-state index is 13.3. The van der Waals surface area contributed by atoms with Gasteiger partial charge in [0.2, 0.25) is 0 Å². The Balaban J connectivity index is 1.97. The topological polar surface area (TPSA) is 85.6 Å². The summed E-state index contributed by atoms with van der Waals surface area (Å²) in [5.74, 6) is 2.42. The number of furan rings is 1. The number of Topliss-reactive ketones (excluding diaryl/α,β-unsaturated/α-hetero) is 1. The van der Waals surface area contributed by atoms with Gasteiger partial charge in [0.25, 0.3) is 0 Å². The lowest BCUT2D eigenvalue weighted by atomic mass is 9.77. The highest BCUT2D eigenvalue weighted by Crippen LogP contribution is 2.52. The Kier molecular flexibility index (Phi) is 10.8. The maximum absolute atomic E-state index is 13.3. The second-order valence-electron chi connectivity index (χ2n) is 12.5. The van der Waals surface area contributed by atoms with Crippen molar-refractivity contribution in [2.45, 2.75) is 92.0 Å². The summed E-state index contributed by atoms with van der Waals surface area (Å²) in [5, 5.41) is 0.924. The SMILES string of the molecule is COCOc1c(OC)c(C)c2oc3cc2c1[C@@H]1O[C@H](CC[C@H](C)/C=C(\C)C(=O)[C@@H](C)C[C@@H]3C)[C@H](C)[C@H](OCOC)[C@H]1C. The van der Waals surface area contributed by atoms with Gasteiger partial charge in [-0.25, -0.2) is 0 Å². The zero-order chi connectivity index (χ0) is 30.7. The van der Waals surface area contributed by atoms with E-state index in [9.17, 15) is 4.79 Å². The molecule has 2 aromatic rings. The van der Waals surface area contributed by atoms with Crippen LogP contribution >= 0.6 is 0 Å². The van der Waals surface area contributed by atoms with Crippen molar-refractivity contribution in [2.75, 3.05) is 34.9 Å². The number of ether oxygens (including phenoxy) is 6. The standard InChI is InChI=1S/C34H50O8/c1-18-11-12-26-22(5)30(39-16-36-8)23(6)32(41-26)28-25-15-27(19(2)14-21(4)29(35)20(3)13-18)42-31(25)24(7)33(38-10)34(28)40-17-37-9/h13,15,18-19,21-23,26,30,32H,11-12,14,16-17H2,1-10H3/b20-13+/t18-,19-,21-,22-,23+,26+,30-,32+/m0/s1. The summed E-state index contributed by atoms with van der Waals surface area (Å²) in [7, 11) is 4.89. The number of aryl methyl sites for hydroxylation is 1. The van der Waals surface area contributed by atoms with Gasteiger partial charge >= 0.3 is 0 Å². The van der Waals surface area contributed by atoms with Gasteiger partial charge in [0, 0.05) is 54.4 Å². The number of allylic oxidation sites excluding steroid dienone is 2. The molecule has 0 radical (unpaired) electrons. The van der Waals surface area contributed by atoms with E-state index in [1.54, 1.807) is 21.3 Å². The Labute approximate surface area is 251 Å². The molecule has 4 bridgehead atoms. The molecular weight excluding hydrogens is 536 g/mol. The molecule has 0 saturated carbocycles. The third-order valence-electron chi connectivity index (χ3n) is 9.25. The molecule has 0 unspecified atom stereocenters. The van der Waals surface area contributed by atoms with Crippen LogP contribution in [0.4, 0.5) is 0 Å². The Morgan fingerprint density at radius 3 is 2.29 bits per heavy atom. The lowest BCUT2D eigenvalue weighted by molar-refractivity contribution is -0.207. The average Bonchev–Trinajstić information content (AvgIpc) is 3.41. The van der Waals surface area contributed by atoms with E-state index in [0.717, 1.165) is 46.3 Å². The van der Waals surface area contributed by atoms with Gasteiger partial charge in [0.1, 0.15) is 18.1 Å². The molecule has 234 valence electrons. The molecule has 1 aromatic heterocycles. The molecule has 8 atom stereocenters. The van der Waals surface area contributed by atoms with Crippen molar-refractivity contribution in [3.8, 4) is 11.5 Å². The normalized spacial score (nSPS) is 32.1. The molecule has 42 heavy (non-hydrogen) atoms. The fraction of sp³-hybridized carbons (Fsp3) is 0.676. The van der Waals surface area contributed by atoms with E-state index in [2.05, 4.69) is 39.8 Å². The fourth-order valence-corrected chi connectivity index (χ4v) is 7.01. The zero-order valence-electron chi connectivity index (χ0n) is 27.1. The van der Waals surface area contributed by atoms with Crippen molar-refractivity contribution in [1.82, 2.24) is 0 Å². The van der Waals surface area contributed by atoms with Crippen LogP contribution in [0.3, 0.4) is 0 Å². The first-order valence-electron chi connectivity index (χ1n) is 15.3. The second kappa shape index (κ2) is 13.9. The molecule has 3 heterocycles. The summed E-state index contributed by atoms with van der Waals surface area (Å²) < 4.78 is 42.9. The Morgan fingerprint density at radius 2 is 1.62 bits per heavy atom. The van der Waals surface area contributed by atoms with E-state index in [4.69, 9.17) is 32.8 Å². The lowest BCUT2D eigenvalue weighted by Gasteiger charge is -2.45. The summed E-state index contributed by atoms with van der Waals surface area (Å²) >= 11 is 0. The molecule has 2 aliphatic heterocycles. The first-order chi connectivity index (χ1) is 20.0. The fourth-order valence-electron chi connectivity index (χ4n) is 7.01. The Hall–Kier alpha value is -2.39. The molecule has 1 fully saturated rings. The number of fused-ring (bicyclic) bond motifs is 4. The molecule has 1 saturated heterocycles. The summed E-state index contributed by atoms with van der Waals surface area (Å²) in [6.07, 6.45) is 3.94. The predicted octanol–water partition coefficient (Wildman–Crippen LogP) is 7.51. The molecule has 8 heteroatoms. The number of rotatable bonds is 7. The van der Waals surface area contributed by atoms with Crippen molar-refractivity contribution in [3.63, 3.8) is 0 Å². The van der Waals surface area contributed by atoms with E-state index in [1.165, 1.54) is 0 Å². The van der Waals surface area contributed by atoms with Gasteiger partial charge in [-0.2, -0.15) is 0 Å². The molecule has 0 aliphatic carbocycles. The van der Waals surface area contributed by atoms with Gasteiger partial charge in [-0.1, -0.05) is 40.7 Å². The summed E-state index contributed by atoms with van der Waals surface area (Å²) in [6, 6.07) is 2.10. The van der Waals surface area contributed by atoms with Gasteiger partial charge in [-0.05, 0) is 50.7 Å². The third kappa shape index (κ3) is 6.42. The van der Waals surface area contributed by atoms with Gasteiger partial charge in [-0.15, -0.1) is 0 Å². The number of benzene rings is 1. The van der Waals surface area contributed by atoms with Crippen molar-refractivity contribution >= 4 is 16.8 Å². The second-order valence-corrected chi connectivity index (χ2v) is 12.5. The van der Waals surface area contributed by atoms with E-state index in [0.29, 0.717) is 17.9 Å². The highest BCUT2D eigenvalue weighted by molar-refractivity contribution is 5.96. The van der Waals surface area contributed by atoms with Crippen LogP contribution in [0.1, 0.15) is 89.7 Å². The summed E-state index contributed by atoms with van der Waals surface area (Å²) in [5.41, 5.74) is 3.28. The average molecular weight is 587 g/mol. The minimum Gasteiger partial charge on any atom is -0.492 e. The predicted molar refractivity (Wildman–Crippen MR) is 162 cm³/mol. The van der Waals surface area contributed by atoms with Crippen LogP contribution in [0.5, 0.6) is 11.5 Å². The minimum atomic E-state index is -0.362. The number of hydrogen-bond donors (Lipinski definition) is 0. The van der Waals surface area contributed by atoms with Gasteiger partial charge in [0.15, 0.2) is 24.1 Å². The maximum Gasteiger partial charge on any atom is 0.188 e. The quantitative estimate of drug-likeness (QED) is 0.308. The van der Waals surface area contributed by atoms with Crippen LogP contribution < -0.4 is 9.47 Å². The van der Waals surface area contributed by atoms with E-state index < -0.39 is 0 Å². The van der Waals surface area contributed by atoms with Crippen LogP contribution in [0.2, 0.25) is 0 Å². The summed E-state index contributed by atoms with van der Waals surface area (Å²) in [4.78, 5) is 13.3. The first kappa shape index (κ1) is 32.5. The Bertz CT molecular complexity index is 1260. The minimum absolute atomic E-state index is 0.0197. The van der Waals surface area contributed by atoms with Crippen LogP contribution in [-0.2, 0) is 23.7 Å². The van der Waals surface area contributed by atoms with Crippen molar-refractivity contribution < 1.29 is 37.6 Å². The molecule has 4 rings (SSSR count). The number of carbonyl (C=O) groups is 1. The van der Waals surface area contributed by atoms with Crippen LogP contribution in [-0.4, -0.2) is 52.9 Å². The zero-order valence-corrected chi connectivity index (χ0v) is 27.1. The molecule has 8 nitrogen and oxygen atoms in total. The highest BCUT2D eigenvalue weighted by atomic mass is 16.7. The number of hydrogen-bond acceptors (Lipinski definition) is 8. The monoisotopic (exact) mass is 586 g/mol. The van der Waals surface area contributed by atoms with Gasteiger partial charge in [-0.3, -0.25) is 4.79 Å². The first-order valence-corrected chi connectivity index (χ1v) is 15.3. The largest absolute Gasteiger partial charge is 0.492 e. The van der Waals surface area contributed by atoms with E-state index in [-0.39, 0.29) is 67.3 Å². The Morgan fingerprint density at radius 1 is 0.905 bits per heavy atom. The highest BCUT2D eigenvalue weighted by Gasteiger charge is 2.45. The van der Waals surface area contributed by atoms with E-state index in [1.807, 2.05) is 20.8 Å². The molecule has 1 aromatic carbocycles. The van der Waals surface area contributed by atoms with Crippen LogP contribution in [0, 0.1) is 30.6 Å². The van der Waals surface area contributed by atoms with Crippen molar-refractivity contribution in [3.05, 3.63) is 34.6 Å². The number of carbonyl (C=O) groups excluding carboxylic acids is 1. The molecule has 2 aliphatic rings. The lowest BCUT2D eigenvalue weighted by Crippen LogP contribution is -2.47. The molecule has 0 N–H and O–H groups in total. The van der Waals surface area contributed by atoms with Gasteiger partial charge < -0.3 is 32.8 Å². The number of methoxy groups -OCH3 is 3. The third-order valence-corrected chi connectivity index (χ3v) is 9.25. The molecule has 0 spiro atoms. The van der Waals surface area contributed by atoms with Crippen LogP contribution in [0.25, 0.3) is 11.0 Å². The van der Waals surface area contributed by atoms with E-state index >= 15 is 0 Å². The van der Waals surface area contributed by atoms with Gasteiger partial charge in [0.05, 0.1) is 25.4 Å². The molecule has 0 amide bonds. The summed E-state index contributed by atoms with van der Waals surface area (Å²) in [6.45, 7) is 14.9. The van der Waals surface area contributed by atoms with Crippen molar-refractivity contribution in [1.29, 1.82) is 0 Å². The smallest absolute Gasteiger partial charge is 0.188 e. The number of ketones is 1. The van der Waals surface area contributed by atoms with Crippen molar-refractivity contribution in [2.24, 2.45) is 23.7 Å².